The third-order valence-corrected chi connectivity index (χ3v) is 10.6. The molecule has 3 N–H and O–H groups in total. The zero-order valence-corrected chi connectivity index (χ0v) is 28.6. The van der Waals surface area contributed by atoms with Crippen molar-refractivity contribution in [2.75, 3.05) is 45.3 Å². The molecule has 3 aromatic rings. The predicted molar refractivity (Wildman–Crippen MR) is 187 cm³/mol. The zero-order chi connectivity index (χ0) is 32.0. The van der Waals surface area contributed by atoms with Gasteiger partial charge in [0.2, 0.25) is 0 Å². The van der Waals surface area contributed by atoms with Crippen LogP contribution in [0.4, 0.5) is 0 Å². The van der Waals surface area contributed by atoms with Crippen LogP contribution in [0.5, 0.6) is 11.5 Å². The zero-order valence-electron chi connectivity index (χ0n) is 25.3. The van der Waals surface area contributed by atoms with Crippen molar-refractivity contribution in [3.8, 4) is 31.0 Å². The number of nitrogens with two attached hydrogens (primary N) is 1. The van der Waals surface area contributed by atoms with Crippen LogP contribution in [0.15, 0.2) is 22.9 Å². The normalized spacial score (nSPS) is 13.5. The van der Waals surface area contributed by atoms with Crippen molar-refractivity contribution in [1.82, 2.24) is 0 Å². The lowest BCUT2D eigenvalue weighted by Gasteiger charge is -2.25. The number of hydrogen-bond donors (Lipinski definition) is 2. The average molecular weight is 682 g/mol. The van der Waals surface area contributed by atoms with Crippen LogP contribution in [0.3, 0.4) is 0 Å². The third kappa shape index (κ3) is 11.9. The van der Waals surface area contributed by atoms with E-state index in [1.807, 2.05) is 13.6 Å². The first kappa shape index (κ1) is 38.5. The Labute approximate surface area is 279 Å². The van der Waals surface area contributed by atoms with E-state index in [-0.39, 0.29) is 6.10 Å². The Morgan fingerprint density at radius 2 is 1.45 bits per heavy atom. The number of carbonyl (C=O) groups is 2. The molecule has 1 atom stereocenters. The second kappa shape index (κ2) is 23.6. The van der Waals surface area contributed by atoms with E-state index in [1.54, 1.807) is 34.0 Å². The topological polar surface area (TPSA) is 117 Å². The van der Waals surface area contributed by atoms with Gasteiger partial charge in [0.25, 0.3) is 0 Å². The number of ether oxygens (including phenoxy) is 4. The van der Waals surface area contributed by atoms with E-state index in [0.717, 1.165) is 117 Å². The van der Waals surface area contributed by atoms with E-state index < -0.39 is 0 Å². The third-order valence-electron chi connectivity index (χ3n) is 6.71. The fourth-order valence-electron chi connectivity index (χ4n) is 4.54. The minimum absolute atomic E-state index is 0.148. The lowest BCUT2D eigenvalue weighted by molar-refractivity contribution is -0.0987. The summed E-state index contributed by atoms with van der Waals surface area (Å²) >= 11 is 6.16. The molecule has 8 nitrogen and oxygen atoms in total. The summed E-state index contributed by atoms with van der Waals surface area (Å²) in [6.07, 6.45) is 8.59. The minimum Gasteiger partial charge on any atom is -0.484 e. The summed E-state index contributed by atoms with van der Waals surface area (Å²) in [7, 11) is 5.57. The van der Waals surface area contributed by atoms with Gasteiger partial charge in [0, 0.05) is 32.1 Å². The van der Waals surface area contributed by atoms with E-state index in [2.05, 4.69) is 22.9 Å². The first-order valence-corrected chi connectivity index (χ1v) is 18.3. The summed E-state index contributed by atoms with van der Waals surface area (Å²) < 4.78 is 33.4. The fraction of sp³-hybridized carbons (Fsp3) is 0.548. The molecule has 1 aliphatic rings. The van der Waals surface area contributed by atoms with Crippen LogP contribution in [0, 0.1) is 0 Å². The molecule has 0 bridgehead atoms. The van der Waals surface area contributed by atoms with Gasteiger partial charge < -0.3 is 38.8 Å². The maximum Gasteiger partial charge on any atom is 0.182 e. The number of hydrogen-bond acceptors (Lipinski definition) is 12. The van der Waals surface area contributed by atoms with E-state index >= 15 is 0 Å². The predicted octanol–water partition coefficient (Wildman–Crippen LogP) is 7.19. The summed E-state index contributed by atoms with van der Waals surface area (Å²) in [5.74, 6) is 2.43. The Kier molecular flexibility index (Phi) is 20.6. The van der Waals surface area contributed by atoms with Gasteiger partial charge in [0.05, 0.1) is 34.0 Å². The molecule has 4 rings (SSSR count). The van der Waals surface area contributed by atoms with Crippen molar-refractivity contribution in [3.63, 3.8) is 0 Å². The van der Waals surface area contributed by atoms with Gasteiger partial charge in [-0.3, -0.25) is 0 Å². The molecule has 0 aliphatic carbocycles. The van der Waals surface area contributed by atoms with E-state index in [0.29, 0.717) is 19.8 Å². The molecular formula is C31H44BNO7S4. The summed E-state index contributed by atoms with van der Waals surface area (Å²) in [6, 6.07) is 4.42. The van der Waals surface area contributed by atoms with Gasteiger partial charge in [0.15, 0.2) is 11.5 Å². The number of unbranched alkanes of at least 4 members (excludes halogenated alkanes) is 3. The number of aryl methyl sites for hydroxylation is 1. The Balaban J connectivity index is 0.00000162. The molecule has 1 unspecified atom stereocenters. The maximum atomic E-state index is 8.86. The molecule has 0 spiro atoms. The second-order valence-electron chi connectivity index (χ2n) is 9.72. The van der Waals surface area contributed by atoms with Gasteiger partial charge in [0.1, 0.15) is 26.3 Å². The van der Waals surface area contributed by atoms with Crippen molar-refractivity contribution >= 4 is 67.5 Å². The number of rotatable bonds is 20. The molecule has 13 heteroatoms. The standard InChI is InChI=1S/C29H40BNO5S4.2CH2O/c30-11-2-1-3-12-33-14-6-7-21-9-17-37-26(21)29-25-24(35-20-23(19-31)36-25)28(40-29)27-22(10-18-38-27)8-15-34-13-4-5-16-39-32;2*1-2/h9-10,17-18,23,32H,1-8,11-16,19-20,31H2;2*1H2. The molecule has 4 heterocycles. The van der Waals surface area contributed by atoms with E-state index in [9.17, 15) is 0 Å². The summed E-state index contributed by atoms with van der Waals surface area (Å²) in [5.41, 5.74) is 8.57. The number of fused-ring (bicyclic) bond motifs is 1. The molecule has 0 saturated carbocycles. The molecule has 0 saturated heterocycles. The van der Waals surface area contributed by atoms with Crippen molar-refractivity contribution in [3.05, 3.63) is 34.0 Å². The minimum atomic E-state index is -0.148. The number of carbonyl (C=O) groups excluding carboxylic acids is 2. The maximum absolute atomic E-state index is 8.86. The molecule has 3 aromatic heterocycles. The van der Waals surface area contributed by atoms with Gasteiger partial charge >= 0.3 is 0 Å². The van der Waals surface area contributed by atoms with Crippen molar-refractivity contribution in [2.45, 2.75) is 63.8 Å². The molecule has 0 fully saturated rings. The highest BCUT2D eigenvalue weighted by molar-refractivity contribution is 7.93. The molecule has 0 aromatic carbocycles. The summed E-state index contributed by atoms with van der Waals surface area (Å²) in [5, 5.41) is 4.31. The van der Waals surface area contributed by atoms with Crippen molar-refractivity contribution in [2.24, 2.45) is 5.73 Å². The average Bonchev–Trinajstić information content (AvgIpc) is 3.82. The first-order chi connectivity index (χ1) is 21.8. The van der Waals surface area contributed by atoms with Crippen molar-refractivity contribution in [1.29, 1.82) is 0 Å². The summed E-state index contributed by atoms with van der Waals surface area (Å²) in [6.45, 7) is 7.84. The van der Waals surface area contributed by atoms with Gasteiger partial charge in [-0.2, -0.15) is 0 Å². The fourth-order valence-corrected chi connectivity index (χ4v) is 8.32. The SMILES string of the molecule is C=O.C=O.[B]CCCCCOCCCc1ccsc1-c1sc(-c2sccc2CCOCCCCSO)c2c1OC(CN)CO2. The van der Waals surface area contributed by atoms with Crippen LogP contribution in [-0.4, -0.2) is 77.4 Å². The lowest BCUT2D eigenvalue weighted by Crippen LogP contribution is -2.35. The van der Waals surface area contributed by atoms with E-state index in [4.69, 9.17) is 46.7 Å². The van der Waals surface area contributed by atoms with Crippen LogP contribution in [-0.2, 0) is 31.9 Å². The van der Waals surface area contributed by atoms with Crippen LogP contribution < -0.4 is 15.2 Å². The highest BCUT2D eigenvalue weighted by Gasteiger charge is 2.32. The van der Waals surface area contributed by atoms with Gasteiger partial charge in [-0.25, -0.2) is 0 Å². The van der Waals surface area contributed by atoms with E-state index in [1.165, 1.54) is 20.9 Å². The van der Waals surface area contributed by atoms with Gasteiger partial charge in [-0.15, -0.1) is 34.0 Å². The molecular weight excluding hydrogens is 637 g/mol. The molecule has 0 amide bonds. The van der Waals surface area contributed by atoms with Crippen LogP contribution in [0.1, 0.15) is 49.7 Å². The van der Waals surface area contributed by atoms with Crippen LogP contribution >= 0.6 is 46.1 Å². The number of thiophene rings is 3. The first-order valence-electron chi connectivity index (χ1n) is 14.8. The Hall–Kier alpha value is -1.71. The molecule has 2 radical (unpaired) electrons. The Morgan fingerprint density at radius 3 is 2.11 bits per heavy atom. The molecule has 242 valence electrons. The Morgan fingerprint density at radius 1 is 0.841 bits per heavy atom. The Bertz CT molecular complexity index is 1170. The highest BCUT2D eigenvalue weighted by atomic mass is 32.2. The largest absolute Gasteiger partial charge is 0.484 e. The van der Waals surface area contributed by atoms with Crippen LogP contribution in [0.2, 0.25) is 6.32 Å². The quantitative estimate of drug-likeness (QED) is 0.0726. The van der Waals surface area contributed by atoms with Crippen LogP contribution in [0.25, 0.3) is 19.5 Å². The molecule has 1 aliphatic heterocycles. The highest BCUT2D eigenvalue weighted by Crippen LogP contribution is 2.57. The van der Waals surface area contributed by atoms with Gasteiger partial charge in [-0.1, -0.05) is 19.2 Å². The van der Waals surface area contributed by atoms with Gasteiger partial charge in [-0.05, 0) is 84.6 Å². The summed E-state index contributed by atoms with van der Waals surface area (Å²) in [4.78, 5) is 20.7. The monoisotopic (exact) mass is 681 g/mol. The second-order valence-corrected chi connectivity index (χ2v) is 13.2. The molecule has 44 heavy (non-hydrogen) atoms. The van der Waals surface area contributed by atoms with Crippen molar-refractivity contribution < 1.29 is 33.1 Å². The lowest BCUT2D eigenvalue weighted by atomic mass is 10.00. The smallest absolute Gasteiger partial charge is 0.182 e.